The predicted molar refractivity (Wildman–Crippen MR) is 122 cm³/mol. The van der Waals surface area contributed by atoms with Gasteiger partial charge in [-0.05, 0) is 61.7 Å². The van der Waals surface area contributed by atoms with Crippen LogP contribution in [0.1, 0.15) is 29.6 Å². The maximum absolute atomic E-state index is 11.9. The van der Waals surface area contributed by atoms with E-state index in [1.165, 1.54) is 5.56 Å². The van der Waals surface area contributed by atoms with Gasteiger partial charge in [-0.3, -0.25) is 4.57 Å². The van der Waals surface area contributed by atoms with Gasteiger partial charge in [0, 0.05) is 24.3 Å². The number of rotatable bonds is 6. The molecule has 31 heavy (non-hydrogen) atoms. The van der Waals surface area contributed by atoms with Crippen molar-refractivity contribution >= 4 is 17.3 Å². The van der Waals surface area contributed by atoms with E-state index in [0.29, 0.717) is 12.3 Å². The maximum atomic E-state index is 11.9. The van der Waals surface area contributed by atoms with Gasteiger partial charge in [-0.25, -0.2) is 14.8 Å². The summed E-state index contributed by atoms with van der Waals surface area (Å²) < 4.78 is 7.43. The fourth-order valence-electron chi connectivity index (χ4n) is 3.73. The number of benzene rings is 2. The molecule has 4 rings (SSSR count). The van der Waals surface area contributed by atoms with Crippen molar-refractivity contribution in [3.05, 3.63) is 83.3 Å². The Hall–Kier alpha value is -3.67. The van der Waals surface area contributed by atoms with E-state index in [0.717, 1.165) is 46.8 Å². The number of nitrogens with one attached hydrogen (secondary N) is 1. The van der Waals surface area contributed by atoms with Gasteiger partial charge in [0.25, 0.3) is 0 Å². The largest absolute Gasteiger partial charge is 0.412 e. The van der Waals surface area contributed by atoms with Crippen molar-refractivity contribution < 1.29 is 9.53 Å². The molecule has 0 bridgehead atoms. The van der Waals surface area contributed by atoms with E-state index in [-0.39, 0.29) is 0 Å². The van der Waals surface area contributed by atoms with E-state index in [2.05, 4.69) is 59.0 Å². The number of amides is 1. The first-order valence-electron chi connectivity index (χ1n) is 10.5. The third-order valence-corrected chi connectivity index (χ3v) is 5.16. The average Bonchev–Trinajstić information content (AvgIpc) is 3.13. The zero-order chi connectivity index (χ0) is 21.8. The lowest BCUT2D eigenvalue weighted by molar-refractivity contribution is 0.200. The third kappa shape index (κ3) is 4.58. The lowest BCUT2D eigenvalue weighted by atomic mass is 10.1. The zero-order valence-corrected chi connectivity index (χ0v) is 18.1. The lowest BCUT2D eigenvalue weighted by Crippen LogP contribution is -2.28. The van der Waals surface area contributed by atoms with Crippen LogP contribution in [0.5, 0.6) is 5.75 Å². The van der Waals surface area contributed by atoms with E-state index < -0.39 is 6.09 Å². The van der Waals surface area contributed by atoms with Crippen LogP contribution >= 0.6 is 0 Å². The molecule has 0 fully saturated rings. The molecule has 6 heteroatoms. The van der Waals surface area contributed by atoms with Gasteiger partial charge in [-0.2, -0.15) is 0 Å². The number of carbonyl (C=O) groups excluding carboxylic acids is 1. The van der Waals surface area contributed by atoms with Gasteiger partial charge in [-0.15, -0.1) is 0 Å². The molecule has 1 amide bonds. The van der Waals surface area contributed by atoms with Gasteiger partial charge in [0.1, 0.15) is 11.6 Å². The highest BCUT2D eigenvalue weighted by molar-refractivity contribution is 5.78. The van der Waals surface area contributed by atoms with Crippen molar-refractivity contribution in [2.75, 3.05) is 6.54 Å². The number of ether oxygens (including phenoxy) is 1. The number of fused-ring (bicyclic) bond motifs is 1. The lowest BCUT2D eigenvalue weighted by Gasteiger charge is -2.11. The van der Waals surface area contributed by atoms with Crippen LogP contribution in [0.2, 0.25) is 0 Å². The molecule has 0 radical (unpaired) electrons. The van der Waals surface area contributed by atoms with Crippen LogP contribution in [0, 0.1) is 13.8 Å². The normalized spacial score (nSPS) is 10.9. The quantitative estimate of drug-likeness (QED) is 0.486. The van der Waals surface area contributed by atoms with Crippen molar-refractivity contribution in [1.29, 1.82) is 0 Å². The number of aryl methyl sites for hydroxylation is 3. The highest BCUT2D eigenvalue weighted by Gasteiger charge is 2.15. The number of hydrogen-bond donors (Lipinski definition) is 1. The summed E-state index contributed by atoms with van der Waals surface area (Å²) >= 11 is 0. The van der Waals surface area contributed by atoms with Crippen LogP contribution in [-0.2, 0) is 12.8 Å². The van der Waals surface area contributed by atoms with E-state index in [1.807, 2.05) is 25.1 Å². The number of imidazole rings is 1. The second-order valence-corrected chi connectivity index (χ2v) is 7.52. The summed E-state index contributed by atoms with van der Waals surface area (Å²) in [4.78, 5) is 21.3. The van der Waals surface area contributed by atoms with Crippen molar-refractivity contribution in [2.24, 2.45) is 0 Å². The third-order valence-electron chi connectivity index (χ3n) is 5.16. The number of nitrogens with zero attached hydrogens (tertiary/aromatic N) is 3. The van der Waals surface area contributed by atoms with E-state index in [1.54, 1.807) is 12.1 Å². The van der Waals surface area contributed by atoms with Crippen LogP contribution in [0.15, 0.2) is 60.7 Å². The monoisotopic (exact) mass is 414 g/mol. The standard InChI is InChI=1S/C25H26N4O2/c1-4-22-28-24-23(17(2)16-18(3)27-24)29(22)20-12-10-19(11-13-20)14-15-26-25(30)31-21-8-6-5-7-9-21/h5-13,16H,4,14-15H2,1-3H3,(H,26,30). The van der Waals surface area contributed by atoms with Gasteiger partial charge < -0.3 is 10.1 Å². The SMILES string of the molecule is CCc1nc2nc(C)cc(C)c2n1-c1ccc(CCNC(=O)Oc2ccccc2)cc1. The Morgan fingerprint density at radius 1 is 1.03 bits per heavy atom. The number of carbonyl (C=O) groups is 1. The molecule has 2 aromatic carbocycles. The molecule has 0 aliphatic rings. The summed E-state index contributed by atoms with van der Waals surface area (Å²) in [6.45, 7) is 6.70. The molecule has 0 aliphatic carbocycles. The summed E-state index contributed by atoms with van der Waals surface area (Å²) in [7, 11) is 0. The van der Waals surface area contributed by atoms with Crippen LogP contribution in [0.3, 0.4) is 0 Å². The van der Waals surface area contributed by atoms with Crippen molar-refractivity contribution in [3.63, 3.8) is 0 Å². The summed E-state index contributed by atoms with van der Waals surface area (Å²) in [6.07, 6.45) is 1.10. The minimum absolute atomic E-state index is 0.446. The predicted octanol–water partition coefficient (Wildman–Crippen LogP) is 4.93. The number of hydrogen-bond acceptors (Lipinski definition) is 4. The Bertz CT molecular complexity index is 1200. The number of aromatic nitrogens is 3. The van der Waals surface area contributed by atoms with Crippen LogP contribution in [-0.4, -0.2) is 27.2 Å². The maximum Gasteiger partial charge on any atom is 0.412 e. The molecule has 0 unspecified atom stereocenters. The van der Waals surface area contributed by atoms with Gasteiger partial charge in [0.2, 0.25) is 0 Å². The second-order valence-electron chi connectivity index (χ2n) is 7.52. The Morgan fingerprint density at radius 3 is 2.48 bits per heavy atom. The fourth-order valence-corrected chi connectivity index (χ4v) is 3.73. The van der Waals surface area contributed by atoms with Crippen LogP contribution in [0.4, 0.5) is 4.79 Å². The van der Waals surface area contributed by atoms with Gasteiger partial charge in [-0.1, -0.05) is 37.3 Å². The van der Waals surface area contributed by atoms with Crippen molar-refractivity contribution in [2.45, 2.75) is 33.6 Å². The summed E-state index contributed by atoms with van der Waals surface area (Å²) in [5.41, 5.74) is 6.19. The Balaban J connectivity index is 1.45. The van der Waals surface area contributed by atoms with Crippen LogP contribution < -0.4 is 10.1 Å². The molecule has 158 valence electrons. The average molecular weight is 415 g/mol. The minimum Gasteiger partial charge on any atom is -0.410 e. The summed E-state index contributed by atoms with van der Waals surface area (Å²) in [5, 5.41) is 2.79. The van der Waals surface area contributed by atoms with Crippen LogP contribution in [0.25, 0.3) is 16.9 Å². The topological polar surface area (TPSA) is 69.0 Å². The molecule has 0 saturated heterocycles. The Labute approximate surface area is 181 Å². The Kier molecular flexibility index (Phi) is 5.98. The smallest absolute Gasteiger partial charge is 0.410 e. The van der Waals surface area contributed by atoms with Gasteiger partial charge >= 0.3 is 6.09 Å². The van der Waals surface area contributed by atoms with Crippen molar-refractivity contribution in [3.8, 4) is 11.4 Å². The summed E-state index contributed by atoms with van der Waals surface area (Å²) in [5.74, 6) is 1.53. The molecule has 4 aromatic rings. The van der Waals surface area contributed by atoms with Gasteiger partial charge in [0.15, 0.2) is 5.65 Å². The molecular formula is C25H26N4O2. The Morgan fingerprint density at radius 2 is 1.77 bits per heavy atom. The van der Waals surface area contributed by atoms with Gasteiger partial charge in [0.05, 0.1) is 5.52 Å². The first kappa shape index (κ1) is 20.6. The molecule has 0 spiro atoms. The highest BCUT2D eigenvalue weighted by Crippen LogP contribution is 2.24. The van der Waals surface area contributed by atoms with Crippen molar-refractivity contribution in [1.82, 2.24) is 19.9 Å². The van der Waals surface area contributed by atoms with E-state index in [9.17, 15) is 4.79 Å². The molecule has 2 heterocycles. The summed E-state index contributed by atoms with van der Waals surface area (Å²) in [6, 6.07) is 19.5. The number of pyridine rings is 1. The second kappa shape index (κ2) is 9.00. The first-order chi connectivity index (χ1) is 15.0. The molecule has 0 saturated carbocycles. The van der Waals surface area contributed by atoms with E-state index in [4.69, 9.17) is 9.72 Å². The highest BCUT2D eigenvalue weighted by atomic mass is 16.5. The molecule has 0 aliphatic heterocycles. The van der Waals surface area contributed by atoms with E-state index >= 15 is 0 Å². The molecule has 1 N–H and O–H groups in total. The fraction of sp³-hybridized carbons (Fsp3) is 0.240. The first-order valence-corrected chi connectivity index (χ1v) is 10.5. The molecule has 6 nitrogen and oxygen atoms in total. The number of para-hydroxylation sites is 1. The molecule has 2 aromatic heterocycles. The zero-order valence-electron chi connectivity index (χ0n) is 18.1. The molecular weight excluding hydrogens is 388 g/mol. The molecule has 0 atom stereocenters. The minimum atomic E-state index is -0.446.